The highest BCUT2D eigenvalue weighted by Crippen LogP contribution is 2.31. The first kappa shape index (κ1) is 16.9. The van der Waals surface area contributed by atoms with Crippen LogP contribution in [0.1, 0.15) is 32.6 Å². The van der Waals surface area contributed by atoms with Crippen LogP contribution in [0.25, 0.3) is 5.65 Å². The van der Waals surface area contributed by atoms with Crippen molar-refractivity contribution in [2.75, 3.05) is 6.54 Å². The highest BCUT2D eigenvalue weighted by molar-refractivity contribution is 7.10. The van der Waals surface area contributed by atoms with Crippen molar-refractivity contribution in [3.8, 4) is 0 Å². The molecule has 0 aliphatic carbocycles. The number of rotatable bonds is 3. The molecule has 1 unspecified atom stereocenters. The Morgan fingerprint density at radius 2 is 2.15 bits per heavy atom. The Bertz CT molecular complexity index is 1160. The first-order valence-corrected chi connectivity index (χ1v) is 10.9. The lowest BCUT2D eigenvalue weighted by Gasteiger charge is -2.32. The molecule has 27 heavy (non-hydrogen) atoms. The van der Waals surface area contributed by atoms with Gasteiger partial charge < -0.3 is 4.90 Å². The van der Waals surface area contributed by atoms with E-state index in [0.717, 1.165) is 36.4 Å². The molecule has 0 saturated carbocycles. The molecule has 1 aliphatic heterocycles. The van der Waals surface area contributed by atoms with Crippen LogP contribution in [0, 0.1) is 6.92 Å². The fourth-order valence-electron chi connectivity index (χ4n) is 4.08. The van der Waals surface area contributed by atoms with Gasteiger partial charge in [0.25, 0.3) is 5.56 Å². The zero-order valence-corrected chi connectivity index (χ0v) is 16.6. The summed E-state index contributed by atoms with van der Waals surface area (Å²) >= 11 is 3.68. The van der Waals surface area contributed by atoms with Gasteiger partial charge in [0.15, 0.2) is 0 Å². The Hall–Kier alpha value is -2.28. The molecule has 4 aromatic heterocycles. The van der Waals surface area contributed by atoms with E-state index >= 15 is 0 Å². The molecule has 0 aromatic carbocycles. The van der Waals surface area contributed by atoms with Gasteiger partial charge in [-0.05, 0) is 41.4 Å². The van der Waals surface area contributed by atoms with Crippen LogP contribution in [0.2, 0.25) is 0 Å². The van der Waals surface area contributed by atoms with Crippen molar-refractivity contribution >= 4 is 28.3 Å². The van der Waals surface area contributed by atoms with Crippen molar-refractivity contribution in [1.29, 1.82) is 0 Å². The first-order chi connectivity index (χ1) is 13.2. The molecule has 136 valence electrons. The Morgan fingerprint density at radius 3 is 3.00 bits per heavy atom. The van der Waals surface area contributed by atoms with E-state index in [1.807, 2.05) is 41.7 Å². The first-order valence-electron chi connectivity index (χ1n) is 9.13. The maximum atomic E-state index is 12.6. The lowest BCUT2D eigenvalue weighted by atomic mass is 9.98. The molecule has 0 fully saturated rings. The third-order valence-electron chi connectivity index (χ3n) is 5.35. The quantitative estimate of drug-likeness (QED) is 0.580. The van der Waals surface area contributed by atoms with E-state index in [4.69, 9.17) is 4.98 Å². The fourth-order valence-corrected chi connectivity index (χ4v) is 5.90. The molecule has 0 radical (unpaired) electrons. The van der Waals surface area contributed by atoms with Crippen LogP contribution >= 0.6 is 22.7 Å². The molecule has 0 bridgehead atoms. The lowest BCUT2D eigenvalue weighted by Crippen LogP contribution is -3.12. The number of hydrogen-bond acceptors (Lipinski definition) is 4. The third kappa shape index (κ3) is 2.94. The molecule has 4 nitrogen and oxygen atoms in total. The number of quaternary nitrogens is 1. The number of pyridine rings is 1. The highest BCUT2D eigenvalue weighted by Gasteiger charge is 2.34. The van der Waals surface area contributed by atoms with Gasteiger partial charge in [0, 0.05) is 29.1 Å². The van der Waals surface area contributed by atoms with Gasteiger partial charge in [0.1, 0.15) is 23.9 Å². The van der Waals surface area contributed by atoms with Crippen LogP contribution in [0.15, 0.2) is 58.1 Å². The molecule has 2 atom stereocenters. The number of nitrogens with one attached hydrogen (secondary N) is 1. The summed E-state index contributed by atoms with van der Waals surface area (Å²) in [6.45, 7) is 3.83. The average molecular weight is 395 g/mol. The molecule has 5 heterocycles. The van der Waals surface area contributed by atoms with Gasteiger partial charge in [0.2, 0.25) is 0 Å². The summed E-state index contributed by atoms with van der Waals surface area (Å²) in [6, 6.07) is 12.6. The van der Waals surface area contributed by atoms with Gasteiger partial charge in [-0.25, -0.2) is 4.98 Å². The van der Waals surface area contributed by atoms with E-state index in [1.165, 1.54) is 20.2 Å². The smallest absolute Gasteiger partial charge is 0.258 e. The summed E-state index contributed by atoms with van der Waals surface area (Å²) in [5.41, 5.74) is 4.11. The van der Waals surface area contributed by atoms with E-state index < -0.39 is 0 Å². The maximum Gasteiger partial charge on any atom is 0.258 e. The van der Waals surface area contributed by atoms with Gasteiger partial charge in [-0.1, -0.05) is 12.1 Å². The minimum Gasteiger partial charge on any atom is -0.319 e. The molecular formula is C21H20N3OS2+. The predicted molar refractivity (Wildman–Crippen MR) is 110 cm³/mol. The number of nitrogens with zero attached hydrogens (tertiary/aromatic N) is 2. The van der Waals surface area contributed by atoms with Crippen molar-refractivity contribution in [2.45, 2.75) is 25.9 Å². The van der Waals surface area contributed by atoms with Crippen LogP contribution in [-0.4, -0.2) is 15.9 Å². The topological polar surface area (TPSA) is 38.8 Å². The summed E-state index contributed by atoms with van der Waals surface area (Å²) in [4.78, 5) is 21.8. The van der Waals surface area contributed by atoms with E-state index in [2.05, 4.69) is 29.0 Å². The van der Waals surface area contributed by atoms with Crippen LogP contribution < -0.4 is 10.5 Å². The van der Waals surface area contributed by atoms with E-state index in [1.54, 1.807) is 16.7 Å². The molecule has 0 spiro atoms. The third-order valence-corrected chi connectivity index (χ3v) is 7.28. The van der Waals surface area contributed by atoms with Gasteiger partial charge in [-0.15, -0.1) is 22.7 Å². The molecule has 4 aromatic rings. The van der Waals surface area contributed by atoms with Crippen LogP contribution in [0.5, 0.6) is 0 Å². The average Bonchev–Trinajstić information content (AvgIpc) is 3.34. The molecule has 1 aliphatic rings. The van der Waals surface area contributed by atoms with Gasteiger partial charge in [-0.2, -0.15) is 0 Å². The van der Waals surface area contributed by atoms with E-state index in [9.17, 15) is 4.79 Å². The van der Waals surface area contributed by atoms with Crippen molar-refractivity contribution in [1.82, 2.24) is 9.38 Å². The second kappa shape index (κ2) is 6.71. The molecule has 6 heteroatoms. The lowest BCUT2D eigenvalue weighted by molar-refractivity contribution is -0.941. The minimum atomic E-state index is -0.000921. The summed E-state index contributed by atoms with van der Waals surface area (Å²) in [7, 11) is 0. The standard InChI is InChI=1S/C21H19N3OS2/c1-14-4-2-8-24-19(25)12-15(22-21(14)24)13-23-9-6-17-16(7-11-27-17)20(23)18-5-3-10-26-18/h2-5,7-8,10-12,20H,6,9,13H2,1H3/p+1/t20-/m1/s1. The number of aryl methyl sites for hydroxylation is 1. The Morgan fingerprint density at radius 1 is 1.22 bits per heavy atom. The summed E-state index contributed by atoms with van der Waals surface area (Å²) in [5.74, 6) is 0. The summed E-state index contributed by atoms with van der Waals surface area (Å²) < 4.78 is 1.64. The van der Waals surface area contributed by atoms with E-state index in [-0.39, 0.29) is 5.56 Å². The highest BCUT2D eigenvalue weighted by atomic mass is 32.1. The molecule has 0 saturated heterocycles. The minimum absolute atomic E-state index is 0.000921. The van der Waals surface area contributed by atoms with Crippen molar-refractivity contribution in [3.63, 3.8) is 0 Å². The number of hydrogen-bond donors (Lipinski definition) is 1. The van der Waals surface area contributed by atoms with E-state index in [0.29, 0.717) is 6.04 Å². The number of aromatic nitrogens is 2. The second-order valence-electron chi connectivity index (χ2n) is 7.05. The van der Waals surface area contributed by atoms with Gasteiger partial charge in [0.05, 0.1) is 11.4 Å². The van der Waals surface area contributed by atoms with Crippen molar-refractivity contribution < 1.29 is 4.90 Å². The zero-order chi connectivity index (χ0) is 18.4. The fraction of sp³-hybridized carbons (Fsp3) is 0.238. The predicted octanol–water partition coefficient (Wildman–Crippen LogP) is 2.86. The van der Waals surface area contributed by atoms with Crippen molar-refractivity contribution in [2.24, 2.45) is 0 Å². The molecule has 1 N–H and O–H groups in total. The molecular weight excluding hydrogens is 374 g/mol. The monoisotopic (exact) mass is 394 g/mol. The Labute approximate surface area is 165 Å². The van der Waals surface area contributed by atoms with Crippen LogP contribution in [0.3, 0.4) is 0 Å². The Balaban J connectivity index is 1.56. The molecule has 0 amide bonds. The molecule has 5 rings (SSSR count). The number of thiophene rings is 2. The SMILES string of the molecule is Cc1cccn2c(=O)cc(C[NH+]3CCc4sccc4[C@@H]3c3cccs3)nc12. The van der Waals surface area contributed by atoms with Crippen LogP contribution in [-0.2, 0) is 13.0 Å². The Kier molecular flexibility index (Phi) is 4.19. The summed E-state index contributed by atoms with van der Waals surface area (Å²) in [6.07, 6.45) is 2.89. The largest absolute Gasteiger partial charge is 0.319 e. The normalized spacial score (nSPS) is 19.3. The number of fused-ring (bicyclic) bond motifs is 2. The van der Waals surface area contributed by atoms with Gasteiger partial charge >= 0.3 is 0 Å². The summed E-state index contributed by atoms with van der Waals surface area (Å²) in [5, 5.41) is 4.36. The van der Waals surface area contributed by atoms with Crippen molar-refractivity contribution in [3.05, 3.63) is 90.3 Å². The van der Waals surface area contributed by atoms with Gasteiger partial charge in [-0.3, -0.25) is 9.20 Å². The van der Waals surface area contributed by atoms with Crippen LogP contribution in [0.4, 0.5) is 0 Å². The zero-order valence-electron chi connectivity index (χ0n) is 15.0. The second-order valence-corrected chi connectivity index (χ2v) is 9.03. The maximum absolute atomic E-state index is 12.6.